The van der Waals surface area contributed by atoms with Crippen molar-refractivity contribution in [2.24, 2.45) is 0 Å². The number of hydrogen-bond acceptors (Lipinski definition) is 4. The van der Waals surface area contributed by atoms with Gasteiger partial charge in [-0.05, 0) is 31.5 Å². The molecule has 0 unspecified atom stereocenters. The molecule has 0 radical (unpaired) electrons. The lowest BCUT2D eigenvalue weighted by Crippen LogP contribution is -2.44. The van der Waals surface area contributed by atoms with Gasteiger partial charge in [0.1, 0.15) is 5.82 Å². The van der Waals surface area contributed by atoms with Crippen LogP contribution in [0.5, 0.6) is 0 Å². The van der Waals surface area contributed by atoms with Crippen LogP contribution in [0.2, 0.25) is 0 Å². The molecule has 1 aromatic heterocycles. The first kappa shape index (κ1) is 16.2. The molecule has 0 spiro atoms. The Morgan fingerprint density at radius 1 is 1.40 bits per heavy atom. The number of nitrogens with zero attached hydrogens (tertiary/aromatic N) is 3. The molecule has 1 heterocycles. The van der Waals surface area contributed by atoms with Crippen LogP contribution >= 0.6 is 0 Å². The van der Waals surface area contributed by atoms with Crippen LogP contribution in [-0.2, 0) is 6.54 Å². The summed E-state index contributed by atoms with van der Waals surface area (Å²) in [6, 6.07) is 3.58. The number of likely N-dealkylation sites (N-methyl/N-ethyl adjacent to an activating group) is 1. The van der Waals surface area contributed by atoms with Crippen molar-refractivity contribution in [1.29, 1.82) is 0 Å². The second-order valence-electron chi connectivity index (χ2n) is 5.74. The molecule has 20 heavy (non-hydrogen) atoms. The van der Waals surface area contributed by atoms with Gasteiger partial charge in [0, 0.05) is 33.9 Å². The molecule has 0 aliphatic carbocycles. The Balaban J connectivity index is 2.54. The Morgan fingerprint density at radius 3 is 2.60 bits per heavy atom. The fourth-order valence-corrected chi connectivity index (χ4v) is 1.78. The minimum atomic E-state index is -0.902. The Hall–Kier alpha value is -1.82. The number of carbonyl (C=O) groups is 1. The van der Waals surface area contributed by atoms with Crippen molar-refractivity contribution in [1.82, 2.24) is 15.2 Å². The fraction of sp³-hybridized carbons (Fsp3) is 0.571. The second kappa shape index (κ2) is 6.56. The third kappa shape index (κ3) is 5.44. The number of rotatable bonds is 5. The number of hydrogen-bond donors (Lipinski definition) is 2. The van der Waals surface area contributed by atoms with E-state index in [0.29, 0.717) is 6.54 Å². The maximum Gasteiger partial charge on any atom is 0.317 e. The summed E-state index contributed by atoms with van der Waals surface area (Å²) in [7, 11) is 5.49. The lowest BCUT2D eigenvalue weighted by molar-refractivity contribution is 0.0531. The van der Waals surface area contributed by atoms with Crippen LogP contribution in [0.15, 0.2) is 18.3 Å². The number of aliphatic hydroxyl groups is 1. The van der Waals surface area contributed by atoms with E-state index in [1.165, 1.54) is 4.90 Å². The molecule has 6 nitrogen and oxygen atoms in total. The summed E-state index contributed by atoms with van der Waals surface area (Å²) in [5.41, 5.74) is 0.0784. The van der Waals surface area contributed by atoms with Crippen LogP contribution < -0.4 is 10.2 Å². The first-order valence-electron chi connectivity index (χ1n) is 6.52. The first-order valence-corrected chi connectivity index (χ1v) is 6.52. The van der Waals surface area contributed by atoms with Gasteiger partial charge in [0.25, 0.3) is 0 Å². The van der Waals surface area contributed by atoms with Crippen LogP contribution in [0, 0.1) is 0 Å². The van der Waals surface area contributed by atoms with Gasteiger partial charge in [0.05, 0.1) is 12.1 Å². The van der Waals surface area contributed by atoms with Crippen molar-refractivity contribution in [3.63, 3.8) is 0 Å². The molecule has 1 rings (SSSR count). The molecule has 0 saturated heterocycles. The van der Waals surface area contributed by atoms with Crippen molar-refractivity contribution in [3.8, 4) is 0 Å². The van der Waals surface area contributed by atoms with Gasteiger partial charge in [-0.25, -0.2) is 9.78 Å². The maximum atomic E-state index is 11.9. The lowest BCUT2D eigenvalue weighted by atomic mass is 10.1. The minimum absolute atomic E-state index is 0.213. The van der Waals surface area contributed by atoms with E-state index in [1.54, 1.807) is 27.1 Å². The molecule has 0 atom stereocenters. The van der Waals surface area contributed by atoms with Gasteiger partial charge in [-0.2, -0.15) is 0 Å². The first-order chi connectivity index (χ1) is 9.19. The third-order valence-corrected chi connectivity index (χ3v) is 2.68. The van der Waals surface area contributed by atoms with Crippen LogP contribution in [0.3, 0.4) is 0 Å². The van der Waals surface area contributed by atoms with Crippen molar-refractivity contribution in [2.75, 3.05) is 32.6 Å². The molecule has 2 N–H and O–H groups in total. The Bertz CT molecular complexity index is 455. The van der Waals surface area contributed by atoms with Crippen molar-refractivity contribution in [2.45, 2.75) is 26.0 Å². The zero-order valence-electron chi connectivity index (χ0n) is 12.8. The van der Waals surface area contributed by atoms with Gasteiger partial charge < -0.3 is 20.2 Å². The Kier molecular flexibility index (Phi) is 5.33. The standard InChI is InChI=1S/C14H24N4O2/c1-14(2,20)10-18(5)13(19)16-9-11-6-7-15-12(8-11)17(3)4/h6-8,20H,9-10H2,1-5H3,(H,16,19). The van der Waals surface area contributed by atoms with E-state index in [1.807, 2.05) is 31.1 Å². The van der Waals surface area contributed by atoms with E-state index in [2.05, 4.69) is 10.3 Å². The highest BCUT2D eigenvalue weighted by Crippen LogP contribution is 2.09. The van der Waals surface area contributed by atoms with E-state index < -0.39 is 5.60 Å². The van der Waals surface area contributed by atoms with Crippen molar-refractivity contribution in [3.05, 3.63) is 23.9 Å². The largest absolute Gasteiger partial charge is 0.389 e. The molecular weight excluding hydrogens is 256 g/mol. The van der Waals surface area contributed by atoms with Gasteiger partial charge in [-0.3, -0.25) is 0 Å². The van der Waals surface area contributed by atoms with Crippen LogP contribution in [-0.4, -0.2) is 54.3 Å². The van der Waals surface area contributed by atoms with Crippen molar-refractivity contribution < 1.29 is 9.90 Å². The second-order valence-corrected chi connectivity index (χ2v) is 5.74. The maximum absolute atomic E-state index is 11.9. The number of carbonyl (C=O) groups excluding carboxylic acids is 1. The average Bonchev–Trinajstić information content (AvgIpc) is 2.34. The number of aromatic nitrogens is 1. The lowest BCUT2D eigenvalue weighted by Gasteiger charge is -2.25. The van der Waals surface area contributed by atoms with Crippen molar-refractivity contribution >= 4 is 11.8 Å². The van der Waals surface area contributed by atoms with Crippen LogP contribution in [0.4, 0.5) is 10.6 Å². The topological polar surface area (TPSA) is 68.7 Å². The number of nitrogens with one attached hydrogen (secondary N) is 1. The highest BCUT2D eigenvalue weighted by atomic mass is 16.3. The van der Waals surface area contributed by atoms with Crippen LogP contribution in [0.25, 0.3) is 0 Å². The normalized spacial score (nSPS) is 11.1. The highest BCUT2D eigenvalue weighted by Gasteiger charge is 2.18. The number of anilines is 1. The summed E-state index contributed by atoms with van der Waals surface area (Å²) >= 11 is 0. The summed E-state index contributed by atoms with van der Waals surface area (Å²) in [6.07, 6.45) is 1.72. The average molecular weight is 280 g/mol. The monoisotopic (exact) mass is 280 g/mol. The molecule has 0 fully saturated rings. The molecule has 0 aromatic carbocycles. The van der Waals surface area contributed by atoms with E-state index >= 15 is 0 Å². The van der Waals surface area contributed by atoms with Gasteiger partial charge in [0.15, 0.2) is 0 Å². The molecular formula is C14H24N4O2. The molecule has 1 aromatic rings. The predicted molar refractivity (Wildman–Crippen MR) is 79.7 cm³/mol. The summed E-state index contributed by atoms with van der Waals surface area (Å²) in [4.78, 5) is 19.5. The SMILES string of the molecule is CN(CC(C)(C)O)C(=O)NCc1ccnc(N(C)C)c1. The minimum Gasteiger partial charge on any atom is -0.389 e. The smallest absolute Gasteiger partial charge is 0.317 e. The quantitative estimate of drug-likeness (QED) is 0.846. The van der Waals surface area contributed by atoms with E-state index in [4.69, 9.17) is 0 Å². The molecule has 112 valence electrons. The van der Waals surface area contributed by atoms with E-state index in [-0.39, 0.29) is 12.6 Å². The molecule has 0 aliphatic heterocycles. The van der Waals surface area contributed by atoms with E-state index in [9.17, 15) is 9.90 Å². The third-order valence-electron chi connectivity index (χ3n) is 2.68. The Labute approximate surface area is 120 Å². The zero-order chi connectivity index (χ0) is 15.3. The van der Waals surface area contributed by atoms with Crippen LogP contribution in [0.1, 0.15) is 19.4 Å². The fourth-order valence-electron chi connectivity index (χ4n) is 1.78. The van der Waals surface area contributed by atoms with Gasteiger partial charge in [-0.15, -0.1) is 0 Å². The summed E-state index contributed by atoms with van der Waals surface area (Å²) in [5.74, 6) is 0.849. The van der Waals surface area contributed by atoms with Gasteiger partial charge >= 0.3 is 6.03 Å². The zero-order valence-corrected chi connectivity index (χ0v) is 12.8. The number of urea groups is 1. The highest BCUT2D eigenvalue weighted by molar-refractivity contribution is 5.73. The molecule has 0 aliphatic rings. The summed E-state index contributed by atoms with van der Waals surface area (Å²) in [6.45, 7) is 4.04. The van der Waals surface area contributed by atoms with E-state index in [0.717, 1.165) is 11.4 Å². The number of pyridine rings is 1. The predicted octanol–water partition coefficient (Wildman–Crippen LogP) is 1.06. The molecule has 0 bridgehead atoms. The molecule has 6 heteroatoms. The summed E-state index contributed by atoms with van der Waals surface area (Å²) < 4.78 is 0. The summed E-state index contributed by atoms with van der Waals surface area (Å²) in [5, 5.41) is 12.5. The molecule has 2 amide bonds. The molecule has 0 saturated carbocycles. The van der Waals surface area contributed by atoms with Gasteiger partial charge in [0.2, 0.25) is 0 Å². The number of amides is 2. The Morgan fingerprint density at radius 2 is 2.05 bits per heavy atom. The van der Waals surface area contributed by atoms with Gasteiger partial charge in [-0.1, -0.05) is 0 Å².